The first-order chi connectivity index (χ1) is 14.5. The summed E-state index contributed by atoms with van der Waals surface area (Å²) in [6, 6.07) is 11.6. The van der Waals surface area contributed by atoms with Crippen LogP contribution in [-0.2, 0) is 4.79 Å². The van der Waals surface area contributed by atoms with E-state index in [1.807, 2.05) is 17.0 Å². The molecule has 1 N–H and O–H groups in total. The number of amides is 1. The zero-order valence-corrected chi connectivity index (χ0v) is 18.1. The second kappa shape index (κ2) is 9.71. The number of carbonyl (C=O) groups is 1. The van der Waals surface area contributed by atoms with Crippen molar-refractivity contribution in [2.24, 2.45) is 0 Å². The van der Waals surface area contributed by atoms with Crippen LogP contribution in [0.25, 0.3) is 0 Å². The van der Waals surface area contributed by atoms with E-state index in [1.54, 1.807) is 12.1 Å². The number of hydrogen-bond donors (Lipinski definition) is 1. The molecule has 2 aromatic rings. The quantitative estimate of drug-likeness (QED) is 0.751. The molecule has 1 saturated heterocycles. The number of rotatable bonds is 7. The van der Waals surface area contributed by atoms with Crippen LogP contribution in [0.3, 0.4) is 0 Å². The molecule has 1 aliphatic rings. The Morgan fingerprint density at radius 2 is 1.60 bits per heavy atom. The Kier molecular flexibility index (Phi) is 7.05. The van der Waals surface area contributed by atoms with Gasteiger partial charge in [-0.3, -0.25) is 4.79 Å². The Labute approximate surface area is 177 Å². The molecular weight excluding hydrogens is 384 g/mol. The molecule has 1 heterocycles. The number of benzene rings is 2. The highest BCUT2D eigenvalue weighted by Crippen LogP contribution is 2.40. The van der Waals surface area contributed by atoms with Crippen LogP contribution in [0.15, 0.2) is 36.4 Å². The molecule has 0 saturated carbocycles. The first-order valence-electron chi connectivity index (χ1n) is 10.0. The molecule has 0 aromatic heterocycles. The molecule has 7 nitrogen and oxygen atoms in total. The zero-order valence-electron chi connectivity index (χ0n) is 18.1. The lowest BCUT2D eigenvalue weighted by molar-refractivity contribution is -0.133. The van der Waals surface area contributed by atoms with Crippen LogP contribution in [0.1, 0.15) is 23.7 Å². The van der Waals surface area contributed by atoms with Gasteiger partial charge in [0.15, 0.2) is 11.5 Å². The van der Waals surface area contributed by atoms with E-state index in [9.17, 15) is 9.90 Å². The lowest BCUT2D eigenvalue weighted by atomic mass is 10.0. The van der Waals surface area contributed by atoms with E-state index in [-0.39, 0.29) is 12.3 Å². The summed E-state index contributed by atoms with van der Waals surface area (Å²) in [5.41, 5.74) is 2.99. The minimum absolute atomic E-state index is 0.00298. The number of ether oxygens (including phenoxy) is 3. The van der Waals surface area contributed by atoms with Gasteiger partial charge in [-0.25, -0.2) is 0 Å². The summed E-state index contributed by atoms with van der Waals surface area (Å²) in [6.45, 7) is 4.92. The smallest absolute Gasteiger partial charge is 0.225 e. The topological polar surface area (TPSA) is 71.5 Å². The predicted octanol–water partition coefficient (Wildman–Crippen LogP) is 2.79. The maximum Gasteiger partial charge on any atom is 0.225 e. The number of carbonyl (C=O) groups excluding carboxylic acids is 1. The average molecular weight is 415 g/mol. The molecule has 1 amide bonds. The molecule has 1 fully saturated rings. The summed E-state index contributed by atoms with van der Waals surface area (Å²) in [5.74, 6) is 1.28. The highest BCUT2D eigenvalue weighted by atomic mass is 16.5. The number of aliphatic hydroxyl groups is 1. The number of methoxy groups -OCH3 is 3. The number of hydrogen-bond acceptors (Lipinski definition) is 6. The van der Waals surface area contributed by atoms with Gasteiger partial charge in [0, 0.05) is 31.9 Å². The molecule has 30 heavy (non-hydrogen) atoms. The zero-order chi connectivity index (χ0) is 21.7. The van der Waals surface area contributed by atoms with Crippen LogP contribution in [-0.4, -0.2) is 63.4 Å². The van der Waals surface area contributed by atoms with Gasteiger partial charge in [0.25, 0.3) is 0 Å². The van der Waals surface area contributed by atoms with Crippen molar-refractivity contribution in [2.75, 3.05) is 52.4 Å². The lowest BCUT2D eigenvalue weighted by Gasteiger charge is -2.37. The van der Waals surface area contributed by atoms with Crippen LogP contribution in [0.2, 0.25) is 0 Å². The molecular formula is C23H30N2O5. The van der Waals surface area contributed by atoms with E-state index >= 15 is 0 Å². The fourth-order valence-electron chi connectivity index (χ4n) is 3.82. The van der Waals surface area contributed by atoms with Crippen LogP contribution in [0.4, 0.5) is 5.69 Å². The van der Waals surface area contributed by atoms with E-state index in [4.69, 9.17) is 14.2 Å². The molecule has 2 aromatic carbocycles. The number of nitrogens with zero attached hydrogens (tertiary/aromatic N) is 2. The molecule has 1 aliphatic heterocycles. The van der Waals surface area contributed by atoms with E-state index < -0.39 is 6.10 Å². The maximum atomic E-state index is 12.8. The van der Waals surface area contributed by atoms with Crippen LogP contribution >= 0.6 is 0 Å². The minimum Gasteiger partial charge on any atom is -0.493 e. The Morgan fingerprint density at radius 3 is 2.13 bits per heavy atom. The summed E-state index contributed by atoms with van der Waals surface area (Å²) < 4.78 is 16.0. The minimum atomic E-state index is -0.958. The van der Waals surface area contributed by atoms with Crippen molar-refractivity contribution in [1.82, 2.24) is 4.90 Å². The highest BCUT2D eigenvalue weighted by Gasteiger charge is 2.25. The summed E-state index contributed by atoms with van der Waals surface area (Å²) >= 11 is 0. The lowest BCUT2D eigenvalue weighted by Crippen LogP contribution is -2.49. The fourth-order valence-corrected chi connectivity index (χ4v) is 3.82. The van der Waals surface area contributed by atoms with Gasteiger partial charge < -0.3 is 29.1 Å². The van der Waals surface area contributed by atoms with Gasteiger partial charge in [-0.15, -0.1) is 0 Å². The van der Waals surface area contributed by atoms with Crippen molar-refractivity contribution in [3.05, 3.63) is 47.5 Å². The fraction of sp³-hybridized carbons (Fsp3) is 0.435. The SMILES string of the molecule is COc1cc(C(O)CC(=O)N2CCN(c3ccccc3C)CC2)cc(OC)c1OC. The van der Waals surface area contributed by atoms with Gasteiger partial charge in [0.1, 0.15) is 0 Å². The second-order valence-corrected chi connectivity index (χ2v) is 7.33. The molecule has 0 aliphatic carbocycles. The maximum absolute atomic E-state index is 12.8. The number of aliphatic hydroxyl groups excluding tert-OH is 1. The van der Waals surface area contributed by atoms with Crippen LogP contribution in [0, 0.1) is 6.92 Å². The summed E-state index contributed by atoms with van der Waals surface area (Å²) in [7, 11) is 4.57. The predicted molar refractivity (Wildman–Crippen MR) is 116 cm³/mol. The van der Waals surface area contributed by atoms with E-state index in [2.05, 4.69) is 24.0 Å². The Morgan fingerprint density at radius 1 is 1.00 bits per heavy atom. The Hall–Kier alpha value is -2.93. The molecule has 1 atom stereocenters. The number of anilines is 1. The molecule has 162 valence electrons. The summed E-state index contributed by atoms with van der Waals surface area (Å²) in [5, 5.41) is 10.7. The number of aryl methyl sites for hydroxylation is 1. The summed E-state index contributed by atoms with van der Waals surface area (Å²) in [4.78, 5) is 16.9. The number of para-hydroxylation sites is 1. The van der Waals surface area contributed by atoms with Gasteiger partial charge in [-0.2, -0.15) is 0 Å². The highest BCUT2D eigenvalue weighted by molar-refractivity contribution is 5.77. The third-order valence-electron chi connectivity index (χ3n) is 5.53. The normalized spacial score (nSPS) is 15.0. The first-order valence-corrected chi connectivity index (χ1v) is 10.0. The average Bonchev–Trinajstić information content (AvgIpc) is 2.78. The van der Waals surface area contributed by atoms with E-state index in [0.29, 0.717) is 35.9 Å². The van der Waals surface area contributed by atoms with E-state index in [0.717, 1.165) is 13.1 Å². The van der Waals surface area contributed by atoms with Crippen molar-refractivity contribution >= 4 is 11.6 Å². The van der Waals surface area contributed by atoms with Crippen molar-refractivity contribution in [1.29, 1.82) is 0 Å². The standard InChI is InChI=1S/C23H30N2O5/c1-16-7-5-6-8-18(16)24-9-11-25(12-10-24)22(27)15-19(26)17-13-20(28-2)23(30-4)21(14-17)29-3/h5-8,13-14,19,26H,9-12,15H2,1-4H3. The molecule has 0 spiro atoms. The third kappa shape index (κ3) is 4.62. The van der Waals surface area contributed by atoms with Crippen molar-refractivity contribution in [2.45, 2.75) is 19.4 Å². The molecule has 0 radical (unpaired) electrons. The van der Waals surface area contributed by atoms with E-state index in [1.165, 1.54) is 32.6 Å². The molecule has 3 rings (SSSR count). The van der Waals surface area contributed by atoms with Crippen molar-refractivity contribution in [3.63, 3.8) is 0 Å². The van der Waals surface area contributed by atoms with Crippen molar-refractivity contribution in [3.8, 4) is 17.2 Å². The van der Waals surface area contributed by atoms with Crippen LogP contribution < -0.4 is 19.1 Å². The van der Waals surface area contributed by atoms with Crippen LogP contribution in [0.5, 0.6) is 17.2 Å². The monoisotopic (exact) mass is 414 g/mol. The first kappa shape index (κ1) is 21.8. The number of piperazine rings is 1. The summed E-state index contributed by atoms with van der Waals surface area (Å²) in [6.07, 6.45) is -0.955. The largest absolute Gasteiger partial charge is 0.493 e. The Balaban J connectivity index is 1.63. The molecule has 1 unspecified atom stereocenters. The molecule has 0 bridgehead atoms. The Bertz CT molecular complexity index is 853. The van der Waals surface area contributed by atoms with Gasteiger partial charge in [0.05, 0.1) is 33.9 Å². The third-order valence-corrected chi connectivity index (χ3v) is 5.53. The van der Waals surface area contributed by atoms with Gasteiger partial charge >= 0.3 is 0 Å². The van der Waals surface area contributed by atoms with Gasteiger partial charge in [-0.1, -0.05) is 18.2 Å². The molecule has 7 heteroatoms. The van der Waals surface area contributed by atoms with Gasteiger partial charge in [-0.05, 0) is 36.2 Å². The van der Waals surface area contributed by atoms with Gasteiger partial charge in [0.2, 0.25) is 11.7 Å². The van der Waals surface area contributed by atoms with Crippen molar-refractivity contribution < 1.29 is 24.1 Å². The second-order valence-electron chi connectivity index (χ2n) is 7.33.